The Morgan fingerprint density at radius 2 is 1.92 bits per heavy atom. The minimum absolute atomic E-state index is 0.106. The average Bonchev–Trinajstić information content (AvgIpc) is 3.07. The first-order valence-corrected chi connectivity index (χ1v) is 8.95. The molecule has 2 N–H and O–H groups in total. The zero-order valence-corrected chi connectivity index (χ0v) is 16.4. The smallest absolute Gasteiger partial charge is 0.225 e. The van der Waals surface area contributed by atoms with E-state index in [1.54, 1.807) is 26.4 Å². The molecule has 3 rings (SSSR count). The predicted molar refractivity (Wildman–Crippen MR) is 104 cm³/mol. The molecule has 1 atom stereocenters. The summed E-state index contributed by atoms with van der Waals surface area (Å²) < 4.78 is 11.4. The monoisotopic (exact) mass is 417 g/mol. The second-order valence-electron chi connectivity index (χ2n) is 5.90. The van der Waals surface area contributed by atoms with E-state index in [0.717, 1.165) is 26.9 Å². The highest BCUT2D eigenvalue weighted by Gasteiger charge is 2.16. The van der Waals surface area contributed by atoms with Gasteiger partial charge in [0.1, 0.15) is 5.82 Å². The maximum Gasteiger partial charge on any atom is 0.225 e. The second kappa shape index (κ2) is 7.78. The summed E-state index contributed by atoms with van der Waals surface area (Å²) >= 11 is 3.48. The highest BCUT2D eigenvalue weighted by molar-refractivity contribution is 9.10. The number of rotatable bonds is 6. The number of fused-ring (bicyclic) bond motifs is 1. The van der Waals surface area contributed by atoms with Gasteiger partial charge in [0.2, 0.25) is 5.91 Å². The number of hydrogen-bond donors (Lipinski definition) is 2. The summed E-state index contributed by atoms with van der Waals surface area (Å²) in [4.78, 5) is 20.2. The molecular formula is C19H20BrN3O3. The van der Waals surface area contributed by atoms with E-state index in [0.29, 0.717) is 11.5 Å². The molecular weight excluding hydrogens is 398 g/mol. The van der Waals surface area contributed by atoms with Gasteiger partial charge in [-0.3, -0.25) is 4.79 Å². The number of aromatic nitrogens is 2. The van der Waals surface area contributed by atoms with Crippen LogP contribution in [-0.4, -0.2) is 30.1 Å². The quantitative estimate of drug-likeness (QED) is 0.639. The number of carbonyl (C=O) groups excluding carboxylic acids is 1. The van der Waals surface area contributed by atoms with Crippen LogP contribution < -0.4 is 14.8 Å². The summed E-state index contributed by atoms with van der Waals surface area (Å²) in [5.41, 5.74) is 2.65. The summed E-state index contributed by atoms with van der Waals surface area (Å²) in [5.74, 6) is 1.82. The first kappa shape index (κ1) is 18.3. The molecule has 26 heavy (non-hydrogen) atoms. The minimum Gasteiger partial charge on any atom is -0.493 e. The fourth-order valence-electron chi connectivity index (χ4n) is 2.74. The van der Waals surface area contributed by atoms with Gasteiger partial charge in [-0.15, -0.1) is 0 Å². The van der Waals surface area contributed by atoms with E-state index in [9.17, 15) is 4.79 Å². The van der Waals surface area contributed by atoms with E-state index in [1.807, 2.05) is 31.2 Å². The Hall–Kier alpha value is -2.54. The third kappa shape index (κ3) is 3.83. The molecule has 0 saturated carbocycles. The van der Waals surface area contributed by atoms with Crippen molar-refractivity contribution in [2.45, 2.75) is 19.4 Å². The first-order valence-electron chi connectivity index (χ1n) is 8.16. The van der Waals surface area contributed by atoms with Gasteiger partial charge in [0.05, 0.1) is 37.7 Å². The van der Waals surface area contributed by atoms with Crippen molar-refractivity contribution in [3.8, 4) is 11.5 Å². The van der Waals surface area contributed by atoms with Crippen LogP contribution in [0.25, 0.3) is 11.0 Å². The van der Waals surface area contributed by atoms with Crippen molar-refractivity contribution < 1.29 is 14.3 Å². The van der Waals surface area contributed by atoms with Gasteiger partial charge in [0.15, 0.2) is 11.5 Å². The second-order valence-corrected chi connectivity index (χ2v) is 6.76. The van der Waals surface area contributed by atoms with Crippen LogP contribution in [0.3, 0.4) is 0 Å². The third-order valence-electron chi connectivity index (χ3n) is 4.10. The number of amides is 1. The molecule has 1 amide bonds. The molecule has 136 valence electrons. The van der Waals surface area contributed by atoms with Gasteiger partial charge in [-0.2, -0.15) is 0 Å². The minimum atomic E-state index is -0.228. The van der Waals surface area contributed by atoms with Gasteiger partial charge in [-0.05, 0) is 36.8 Å². The molecule has 1 heterocycles. The van der Waals surface area contributed by atoms with Crippen LogP contribution in [0.5, 0.6) is 11.5 Å². The van der Waals surface area contributed by atoms with E-state index >= 15 is 0 Å². The Kier molecular flexibility index (Phi) is 5.46. The number of hydrogen-bond acceptors (Lipinski definition) is 4. The van der Waals surface area contributed by atoms with Gasteiger partial charge in [-0.25, -0.2) is 4.98 Å². The number of halogens is 1. The Labute approximate surface area is 160 Å². The number of aromatic amines is 1. The highest BCUT2D eigenvalue weighted by atomic mass is 79.9. The largest absolute Gasteiger partial charge is 0.493 e. The van der Waals surface area contributed by atoms with Crippen molar-refractivity contribution in [2.75, 3.05) is 14.2 Å². The standard InChI is InChI=1S/C19H20BrN3O3/c1-11(19-22-14-6-4-5-7-15(14)23-19)21-18(24)9-12-8-16(25-2)17(26-3)10-13(12)20/h4-8,10-11H,9H2,1-3H3,(H,21,24)(H,22,23)/t11-/m1/s1. The molecule has 3 aromatic rings. The van der Waals surface area contributed by atoms with Crippen LogP contribution in [0.1, 0.15) is 24.4 Å². The summed E-state index contributed by atoms with van der Waals surface area (Å²) in [6.07, 6.45) is 0.214. The van der Waals surface area contributed by atoms with Crippen LogP contribution in [0.4, 0.5) is 0 Å². The van der Waals surface area contributed by atoms with E-state index in [-0.39, 0.29) is 18.4 Å². The number of benzene rings is 2. The average molecular weight is 418 g/mol. The maximum atomic E-state index is 12.5. The van der Waals surface area contributed by atoms with Crippen molar-refractivity contribution >= 4 is 32.9 Å². The van der Waals surface area contributed by atoms with Crippen LogP contribution in [-0.2, 0) is 11.2 Å². The molecule has 0 radical (unpaired) electrons. The van der Waals surface area contributed by atoms with Crippen LogP contribution in [0, 0.1) is 0 Å². The van der Waals surface area contributed by atoms with E-state index < -0.39 is 0 Å². The topological polar surface area (TPSA) is 76.2 Å². The predicted octanol–water partition coefficient (Wildman–Crippen LogP) is 3.76. The number of nitrogens with zero attached hydrogens (tertiary/aromatic N) is 1. The lowest BCUT2D eigenvalue weighted by Gasteiger charge is -2.14. The maximum absolute atomic E-state index is 12.5. The van der Waals surface area contributed by atoms with Crippen LogP contribution in [0.15, 0.2) is 40.9 Å². The van der Waals surface area contributed by atoms with Crippen LogP contribution >= 0.6 is 15.9 Å². The van der Waals surface area contributed by atoms with E-state index in [2.05, 4.69) is 31.2 Å². The molecule has 0 bridgehead atoms. The molecule has 0 saturated heterocycles. The number of carbonyl (C=O) groups is 1. The lowest BCUT2D eigenvalue weighted by atomic mass is 10.1. The number of ether oxygens (including phenoxy) is 2. The number of imidazole rings is 1. The number of methoxy groups -OCH3 is 2. The number of para-hydroxylation sites is 2. The Morgan fingerprint density at radius 3 is 2.62 bits per heavy atom. The highest BCUT2D eigenvalue weighted by Crippen LogP contribution is 2.33. The number of nitrogens with one attached hydrogen (secondary N) is 2. The Balaban J connectivity index is 1.72. The van der Waals surface area contributed by atoms with Crippen molar-refractivity contribution in [1.29, 1.82) is 0 Å². The number of H-pyrrole nitrogens is 1. The van der Waals surface area contributed by atoms with Crippen molar-refractivity contribution in [3.63, 3.8) is 0 Å². The van der Waals surface area contributed by atoms with Gasteiger partial charge in [0, 0.05) is 4.47 Å². The SMILES string of the molecule is COc1cc(Br)c(CC(=O)N[C@H](C)c2nc3ccccc3[nH]2)cc1OC. The fourth-order valence-corrected chi connectivity index (χ4v) is 3.21. The third-order valence-corrected chi connectivity index (χ3v) is 4.84. The lowest BCUT2D eigenvalue weighted by molar-refractivity contribution is -0.121. The Bertz CT molecular complexity index is 906. The van der Waals surface area contributed by atoms with Gasteiger partial charge in [-0.1, -0.05) is 28.1 Å². The molecule has 0 aliphatic carbocycles. The van der Waals surface area contributed by atoms with E-state index in [4.69, 9.17) is 9.47 Å². The molecule has 0 fully saturated rings. The zero-order valence-electron chi connectivity index (χ0n) is 14.8. The molecule has 2 aromatic carbocycles. The van der Waals surface area contributed by atoms with Gasteiger partial charge < -0.3 is 19.8 Å². The van der Waals surface area contributed by atoms with E-state index in [1.165, 1.54) is 0 Å². The fraction of sp³-hybridized carbons (Fsp3) is 0.263. The summed E-state index contributed by atoms with van der Waals surface area (Å²) in [6, 6.07) is 11.1. The van der Waals surface area contributed by atoms with Crippen LogP contribution in [0.2, 0.25) is 0 Å². The zero-order chi connectivity index (χ0) is 18.7. The van der Waals surface area contributed by atoms with Gasteiger partial charge in [0.25, 0.3) is 0 Å². The van der Waals surface area contributed by atoms with Gasteiger partial charge >= 0.3 is 0 Å². The summed E-state index contributed by atoms with van der Waals surface area (Å²) in [5, 5.41) is 2.97. The molecule has 0 aliphatic rings. The van der Waals surface area contributed by atoms with Crippen molar-refractivity contribution in [1.82, 2.24) is 15.3 Å². The Morgan fingerprint density at radius 1 is 1.23 bits per heavy atom. The summed E-state index contributed by atoms with van der Waals surface area (Å²) in [6.45, 7) is 1.90. The normalized spacial score (nSPS) is 12.0. The molecule has 0 spiro atoms. The first-order chi connectivity index (χ1) is 12.5. The molecule has 0 aliphatic heterocycles. The van der Waals surface area contributed by atoms with Crippen molar-refractivity contribution in [2.24, 2.45) is 0 Å². The van der Waals surface area contributed by atoms with Crippen molar-refractivity contribution in [3.05, 3.63) is 52.3 Å². The molecule has 6 nitrogen and oxygen atoms in total. The molecule has 0 unspecified atom stereocenters. The molecule has 7 heteroatoms. The molecule has 1 aromatic heterocycles. The lowest BCUT2D eigenvalue weighted by Crippen LogP contribution is -2.28. The summed E-state index contributed by atoms with van der Waals surface area (Å²) in [7, 11) is 3.14.